The summed E-state index contributed by atoms with van der Waals surface area (Å²) in [6.45, 7) is 5.85. The first-order valence-electron chi connectivity index (χ1n) is 7.17. The summed E-state index contributed by atoms with van der Waals surface area (Å²) in [5.41, 5.74) is 0.965. The highest BCUT2D eigenvalue weighted by molar-refractivity contribution is 5.81. The predicted octanol–water partition coefficient (Wildman–Crippen LogP) is 2.34. The number of rotatable bonds is 8. The van der Waals surface area contributed by atoms with Gasteiger partial charge in [-0.3, -0.25) is 9.59 Å². The van der Waals surface area contributed by atoms with E-state index in [-0.39, 0.29) is 24.9 Å². The number of hydrogen-bond donors (Lipinski definition) is 1. The summed E-state index contributed by atoms with van der Waals surface area (Å²) in [7, 11) is 0. The topological polar surface area (TPSA) is 66.8 Å². The van der Waals surface area contributed by atoms with Gasteiger partial charge < -0.3 is 14.7 Å². The molecular formula is C16H23NO4. The fraction of sp³-hybridized carbons (Fsp3) is 0.500. The number of amides is 1. The number of carboxylic acid groups (broad SMARTS) is 1. The van der Waals surface area contributed by atoms with Crippen LogP contribution in [0.5, 0.6) is 5.75 Å². The molecule has 1 aromatic rings. The van der Waals surface area contributed by atoms with Gasteiger partial charge in [0.15, 0.2) is 0 Å². The first kappa shape index (κ1) is 17.0. The molecule has 5 heteroatoms. The Morgan fingerprint density at radius 3 is 2.52 bits per heavy atom. The van der Waals surface area contributed by atoms with E-state index in [9.17, 15) is 9.59 Å². The molecule has 0 spiro atoms. The average molecular weight is 293 g/mol. The molecule has 1 rings (SSSR count). The zero-order valence-electron chi connectivity index (χ0n) is 12.8. The van der Waals surface area contributed by atoms with Crippen molar-refractivity contribution in [1.29, 1.82) is 0 Å². The summed E-state index contributed by atoms with van der Waals surface area (Å²) < 4.78 is 5.52. The third kappa shape index (κ3) is 5.45. The first-order chi connectivity index (χ1) is 9.95. The lowest BCUT2D eigenvalue weighted by molar-refractivity contribution is -0.145. The number of carboxylic acids is 1. The minimum Gasteiger partial charge on any atom is -0.494 e. The summed E-state index contributed by atoms with van der Waals surface area (Å²) in [6, 6.07) is 7.47. The van der Waals surface area contributed by atoms with Gasteiger partial charge in [0.05, 0.1) is 6.61 Å². The second-order valence-electron chi connectivity index (χ2n) is 5.05. The third-order valence-electron chi connectivity index (χ3n) is 3.13. The van der Waals surface area contributed by atoms with Crippen molar-refractivity contribution in [1.82, 2.24) is 4.90 Å². The Labute approximate surface area is 125 Å². The number of carbonyl (C=O) groups excluding carboxylic acids is 1. The van der Waals surface area contributed by atoms with Crippen LogP contribution in [0.25, 0.3) is 0 Å². The maximum Gasteiger partial charge on any atom is 0.323 e. The van der Waals surface area contributed by atoms with Crippen molar-refractivity contribution in [2.75, 3.05) is 13.2 Å². The van der Waals surface area contributed by atoms with Crippen molar-refractivity contribution in [2.24, 2.45) is 0 Å². The van der Waals surface area contributed by atoms with Crippen LogP contribution in [0.1, 0.15) is 32.8 Å². The Morgan fingerprint density at radius 1 is 1.29 bits per heavy atom. The van der Waals surface area contributed by atoms with Gasteiger partial charge in [-0.2, -0.15) is 0 Å². The van der Waals surface area contributed by atoms with E-state index < -0.39 is 5.97 Å². The van der Waals surface area contributed by atoms with Gasteiger partial charge in [0.1, 0.15) is 12.3 Å². The number of aliphatic carboxylic acids is 1. The van der Waals surface area contributed by atoms with Gasteiger partial charge in [-0.1, -0.05) is 18.2 Å². The fourth-order valence-corrected chi connectivity index (χ4v) is 2.10. The summed E-state index contributed by atoms with van der Waals surface area (Å²) >= 11 is 0. The third-order valence-corrected chi connectivity index (χ3v) is 3.13. The highest BCUT2D eigenvalue weighted by Crippen LogP contribution is 2.20. The van der Waals surface area contributed by atoms with E-state index in [1.165, 1.54) is 4.90 Å². The fourth-order valence-electron chi connectivity index (χ4n) is 2.10. The molecule has 1 aromatic carbocycles. The molecule has 0 aliphatic carbocycles. The standard InChI is InChI=1S/C16H23NO4/c1-4-21-14-8-6-5-7-13(14)9-10-15(18)17(12(2)3)11-16(19)20/h5-8,12H,4,9-11H2,1-3H3,(H,19,20). The second kappa shape index (κ2) is 8.29. The van der Waals surface area contributed by atoms with Gasteiger partial charge in [-0.25, -0.2) is 0 Å². The van der Waals surface area contributed by atoms with Crippen LogP contribution in [-0.4, -0.2) is 41.1 Å². The molecule has 0 bridgehead atoms. The molecule has 0 aliphatic heterocycles. The molecular weight excluding hydrogens is 270 g/mol. The Kier molecular flexibility index (Phi) is 6.72. The smallest absolute Gasteiger partial charge is 0.323 e. The molecule has 0 radical (unpaired) electrons. The zero-order valence-corrected chi connectivity index (χ0v) is 12.8. The van der Waals surface area contributed by atoms with Crippen LogP contribution in [0, 0.1) is 0 Å². The molecule has 0 atom stereocenters. The molecule has 0 unspecified atom stereocenters. The van der Waals surface area contributed by atoms with Crippen molar-refractivity contribution in [3.63, 3.8) is 0 Å². The molecule has 1 N–H and O–H groups in total. The van der Waals surface area contributed by atoms with Crippen molar-refractivity contribution in [3.05, 3.63) is 29.8 Å². The molecule has 0 saturated carbocycles. The van der Waals surface area contributed by atoms with E-state index in [1.807, 2.05) is 45.0 Å². The van der Waals surface area contributed by atoms with E-state index in [0.717, 1.165) is 11.3 Å². The molecule has 0 aromatic heterocycles. The SMILES string of the molecule is CCOc1ccccc1CCC(=O)N(CC(=O)O)C(C)C. The largest absolute Gasteiger partial charge is 0.494 e. The van der Waals surface area contributed by atoms with Crippen LogP contribution in [0.15, 0.2) is 24.3 Å². The van der Waals surface area contributed by atoms with Crippen LogP contribution in [0.4, 0.5) is 0 Å². The summed E-state index contributed by atoms with van der Waals surface area (Å²) in [4.78, 5) is 24.4. The molecule has 0 aliphatic rings. The normalized spacial score (nSPS) is 10.5. The van der Waals surface area contributed by atoms with Gasteiger partial charge in [0, 0.05) is 12.5 Å². The molecule has 0 fully saturated rings. The van der Waals surface area contributed by atoms with Gasteiger partial charge in [0.25, 0.3) is 0 Å². The lowest BCUT2D eigenvalue weighted by Gasteiger charge is -2.25. The van der Waals surface area contributed by atoms with Crippen LogP contribution >= 0.6 is 0 Å². The number of nitrogens with zero attached hydrogens (tertiary/aromatic N) is 1. The molecule has 0 heterocycles. The quantitative estimate of drug-likeness (QED) is 0.799. The van der Waals surface area contributed by atoms with Crippen LogP contribution in [0.3, 0.4) is 0 Å². The van der Waals surface area contributed by atoms with E-state index in [1.54, 1.807) is 0 Å². The van der Waals surface area contributed by atoms with Gasteiger partial charge in [-0.15, -0.1) is 0 Å². The maximum atomic E-state index is 12.2. The van der Waals surface area contributed by atoms with Gasteiger partial charge in [-0.05, 0) is 38.8 Å². The van der Waals surface area contributed by atoms with Crippen molar-refractivity contribution < 1.29 is 19.4 Å². The number of para-hydroxylation sites is 1. The van der Waals surface area contributed by atoms with E-state index in [4.69, 9.17) is 9.84 Å². The molecule has 5 nitrogen and oxygen atoms in total. The van der Waals surface area contributed by atoms with Crippen molar-refractivity contribution in [3.8, 4) is 5.75 Å². The number of benzene rings is 1. The Balaban J connectivity index is 2.68. The zero-order chi connectivity index (χ0) is 15.8. The highest BCUT2D eigenvalue weighted by atomic mass is 16.5. The monoisotopic (exact) mass is 293 g/mol. The summed E-state index contributed by atoms with van der Waals surface area (Å²) in [6.07, 6.45) is 0.813. The van der Waals surface area contributed by atoms with Crippen molar-refractivity contribution in [2.45, 2.75) is 39.7 Å². The minimum absolute atomic E-state index is 0.129. The molecule has 21 heavy (non-hydrogen) atoms. The molecule has 0 saturated heterocycles. The lowest BCUT2D eigenvalue weighted by Crippen LogP contribution is -2.40. The van der Waals surface area contributed by atoms with Crippen LogP contribution in [-0.2, 0) is 16.0 Å². The Hall–Kier alpha value is -2.04. The Morgan fingerprint density at radius 2 is 1.95 bits per heavy atom. The van der Waals surface area contributed by atoms with Gasteiger partial charge in [0.2, 0.25) is 5.91 Å². The second-order valence-corrected chi connectivity index (χ2v) is 5.05. The first-order valence-corrected chi connectivity index (χ1v) is 7.17. The predicted molar refractivity (Wildman–Crippen MR) is 80.4 cm³/mol. The summed E-state index contributed by atoms with van der Waals surface area (Å²) in [5, 5.41) is 8.87. The Bertz CT molecular complexity index is 485. The molecule has 1 amide bonds. The van der Waals surface area contributed by atoms with Crippen LogP contribution < -0.4 is 4.74 Å². The average Bonchev–Trinajstić information content (AvgIpc) is 2.43. The number of hydrogen-bond acceptors (Lipinski definition) is 3. The van der Waals surface area contributed by atoms with Crippen molar-refractivity contribution >= 4 is 11.9 Å². The number of ether oxygens (including phenoxy) is 1. The van der Waals surface area contributed by atoms with Crippen LogP contribution in [0.2, 0.25) is 0 Å². The lowest BCUT2D eigenvalue weighted by atomic mass is 10.1. The number of aryl methyl sites for hydroxylation is 1. The highest BCUT2D eigenvalue weighted by Gasteiger charge is 2.19. The van der Waals surface area contributed by atoms with E-state index in [0.29, 0.717) is 13.0 Å². The number of carbonyl (C=O) groups is 2. The molecule has 116 valence electrons. The van der Waals surface area contributed by atoms with E-state index in [2.05, 4.69) is 0 Å². The summed E-state index contributed by atoms with van der Waals surface area (Å²) in [5.74, 6) is -0.368. The van der Waals surface area contributed by atoms with Gasteiger partial charge >= 0.3 is 5.97 Å². The maximum absolute atomic E-state index is 12.2. The van der Waals surface area contributed by atoms with E-state index >= 15 is 0 Å². The minimum atomic E-state index is -0.994.